The number of nitrogen functional groups attached to an aromatic ring is 1. The van der Waals surface area contributed by atoms with Crippen molar-refractivity contribution < 1.29 is 9.53 Å². The predicted octanol–water partition coefficient (Wildman–Crippen LogP) is 2.24. The van der Waals surface area contributed by atoms with Crippen LogP contribution in [0, 0.1) is 5.41 Å². The largest absolute Gasteiger partial charge is 0.377 e. The number of benzene rings is 1. The van der Waals surface area contributed by atoms with Crippen LogP contribution in [0.25, 0.3) is 0 Å². The number of hydrogen-bond acceptors (Lipinski definition) is 3. The molecule has 100 valence electrons. The van der Waals surface area contributed by atoms with Crippen LogP contribution >= 0.6 is 0 Å². The van der Waals surface area contributed by atoms with Crippen LogP contribution in [0.3, 0.4) is 0 Å². The molecule has 0 saturated heterocycles. The van der Waals surface area contributed by atoms with Gasteiger partial charge in [-0.3, -0.25) is 10.2 Å². The summed E-state index contributed by atoms with van der Waals surface area (Å²) >= 11 is 0. The highest BCUT2D eigenvalue weighted by atomic mass is 16.5. The fraction of sp³-hybridized carbons (Fsp3) is 0.500. The van der Waals surface area contributed by atoms with Gasteiger partial charge >= 0.3 is 0 Å². The molecular formula is C14H22N2O2. The van der Waals surface area contributed by atoms with Gasteiger partial charge in [0.15, 0.2) is 0 Å². The zero-order valence-electron chi connectivity index (χ0n) is 11.3. The van der Waals surface area contributed by atoms with E-state index in [-0.39, 0.29) is 11.3 Å². The van der Waals surface area contributed by atoms with Crippen molar-refractivity contribution in [1.82, 2.24) is 5.43 Å². The molecule has 0 spiro atoms. The van der Waals surface area contributed by atoms with Gasteiger partial charge in [-0.2, -0.15) is 0 Å². The first-order valence-corrected chi connectivity index (χ1v) is 6.10. The molecule has 0 unspecified atom stereocenters. The van der Waals surface area contributed by atoms with Gasteiger partial charge in [0.1, 0.15) is 0 Å². The molecule has 1 aromatic rings. The third-order valence-electron chi connectivity index (χ3n) is 2.65. The molecule has 0 fully saturated rings. The normalized spacial score (nSPS) is 11.3. The van der Waals surface area contributed by atoms with Gasteiger partial charge in [0.05, 0.1) is 6.61 Å². The van der Waals surface area contributed by atoms with Crippen LogP contribution in [0.5, 0.6) is 0 Å². The number of carbonyl (C=O) groups excluding carboxylic acids is 1. The summed E-state index contributed by atoms with van der Waals surface area (Å²) in [6.07, 6.45) is 0.984. The van der Waals surface area contributed by atoms with Crippen molar-refractivity contribution in [2.24, 2.45) is 11.3 Å². The van der Waals surface area contributed by atoms with Crippen molar-refractivity contribution in [3.05, 3.63) is 35.4 Å². The molecule has 4 nitrogen and oxygen atoms in total. The molecule has 1 amide bonds. The summed E-state index contributed by atoms with van der Waals surface area (Å²) in [4.78, 5) is 11.5. The van der Waals surface area contributed by atoms with Gasteiger partial charge in [0, 0.05) is 12.2 Å². The molecule has 3 N–H and O–H groups in total. The Kier molecular flexibility index (Phi) is 5.31. The minimum absolute atomic E-state index is 0.258. The van der Waals surface area contributed by atoms with E-state index >= 15 is 0 Å². The van der Waals surface area contributed by atoms with Crippen molar-refractivity contribution in [2.75, 3.05) is 6.61 Å². The Balaban J connectivity index is 2.54. The van der Waals surface area contributed by atoms with Gasteiger partial charge < -0.3 is 4.74 Å². The summed E-state index contributed by atoms with van der Waals surface area (Å²) in [5.41, 5.74) is 3.82. The van der Waals surface area contributed by atoms with Gasteiger partial charge in [0.2, 0.25) is 0 Å². The van der Waals surface area contributed by atoms with Gasteiger partial charge in [-0.15, -0.1) is 0 Å². The zero-order chi connectivity index (χ0) is 13.6. The average molecular weight is 250 g/mol. The van der Waals surface area contributed by atoms with E-state index in [9.17, 15) is 4.79 Å². The molecule has 0 atom stereocenters. The van der Waals surface area contributed by atoms with Gasteiger partial charge in [0.25, 0.3) is 5.91 Å². The Bertz CT molecular complexity index is 397. The summed E-state index contributed by atoms with van der Waals surface area (Å²) in [7, 11) is 0. The number of nitrogens with one attached hydrogen (secondary N) is 1. The minimum Gasteiger partial charge on any atom is -0.377 e. The number of rotatable bonds is 5. The predicted molar refractivity (Wildman–Crippen MR) is 71.8 cm³/mol. The van der Waals surface area contributed by atoms with Crippen LogP contribution in [0.15, 0.2) is 24.3 Å². The number of hydrazine groups is 1. The van der Waals surface area contributed by atoms with E-state index in [1.165, 1.54) is 0 Å². The van der Waals surface area contributed by atoms with Crippen LogP contribution in [0.1, 0.15) is 43.1 Å². The van der Waals surface area contributed by atoms with E-state index in [1.54, 1.807) is 6.07 Å². The molecular weight excluding hydrogens is 228 g/mol. The second-order valence-corrected chi connectivity index (χ2v) is 5.49. The SMILES string of the molecule is CC(C)(C)CCOCc1ccccc1C(=O)NN. The maximum Gasteiger partial charge on any atom is 0.265 e. The second-order valence-electron chi connectivity index (χ2n) is 5.49. The van der Waals surface area contributed by atoms with Crippen molar-refractivity contribution >= 4 is 5.91 Å². The molecule has 0 heterocycles. The van der Waals surface area contributed by atoms with Gasteiger partial charge in [-0.05, 0) is 23.5 Å². The molecule has 0 aliphatic heterocycles. The van der Waals surface area contributed by atoms with Gasteiger partial charge in [-0.25, -0.2) is 5.84 Å². The monoisotopic (exact) mass is 250 g/mol. The first-order chi connectivity index (χ1) is 8.44. The lowest BCUT2D eigenvalue weighted by Crippen LogP contribution is -2.30. The Labute approximate surface area is 108 Å². The van der Waals surface area contributed by atoms with E-state index < -0.39 is 0 Å². The molecule has 0 radical (unpaired) electrons. The van der Waals surface area contributed by atoms with Crippen molar-refractivity contribution in [1.29, 1.82) is 0 Å². The number of nitrogens with two attached hydrogens (primary N) is 1. The smallest absolute Gasteiger partial charge is 0.265 e. The minimum atomic E-state index is -0.287. The van der Waals surface area contributed by atoms with E-state index in [2.05, 4.69) is 26.2 Å². The second kappa shape index (κ2) is 6.52. The fourth-order valence-electron chi connectivity index (χ4n) is 1.51. The summed E-state index contributed by atoms with van der Waals surface area (Å²) < 4.78 is 5.61. The average Bonchev–Trinajstić information content (AvgIpc) is 2.33. The lowest BCUT2D eigenvalue weighted by Gasteiger charge is -2.18. The molecule has 4 heteroatoms. The van der Waals surface area contributed by atoms with Crippen LogP contribution in [-0.2, 0) is 11.3 Å². The maximum atomic E-state index is 11.5. The first kappa shape index (κ1) is 14.7. The summed E-state index contributed by atoms with van der Waals surface area (Å²) in [6, 6.07) is 7.31. The number of amides is 1. The fourth-order valence-corrected chi connectivity index (χ4v) is 1.51. The van der Waals surface area contributed by atoms with Crippen molar-refractivity contribution in [3.8, 4) is 0 Å². The highest BCUT2D eigenvalue weighted by molar-refractivity contribution is 5.95. The Morgan fingerprint density at radius 3 is 2.61 bits per heavy atom. The molecule has 1 aromatic carbocycles. The van der Waals surface area contributed by atoms with E-state index in [0.717, 1.165) is 12.0 Å². The number of ether oxygens (including phenoxy) is 1. The van der Waals surface area contributed by atoms with Crippen LogP contribution < -0.4 is 11.3 Å². The first-order valence-electron chi connectivity index (χ1n) is 6.10. The summed E-state index contributed by atoms with van der Waals surface area (Å²) in [6.45, 7) is 7.63. The molecule has 0 bridgehead atoms. The topological polar surface area (TPSA) is 64.3 Å². The Morgan fingerprint density at radius 2 is 2.00 bits per heavy atom. The van der Waals surface area contributed by atoms with E-state index in [1.807, 2.05) is 18.2 Å². The molecule has 0 aliphatic carbocycles. The van der Waals surface area contributed by atoms with Crippen LogP contribution in [-0.4, -0.2) is 12.5 Å². The lowest BCUT2D eigenvalue weighted by atomic mass is 9.93. The number of carbonyl (C=O) groups is 1. The summed E-state index contributed by atoms with van der Waals surface area (Å²) in [5.74, 6) is 4.86. The molecule has 0 aromatic heterocycles. The quantitative estimate of drug-likeness (QED) is 0.364. The summed E-state index contributed by atoms with van der Waals surface area (Å²) in [5, 5.41) is 0. The van der Waals surface area contributed by atoms with E-state index in [4.69, 9.17) is 10.6 Å². The van der Waals surface area contributed by atoms with Crippen molar-refractivity contribution in [2.45, 2.75) is 33.8 Å². The third kappa shape index (κ3) is 4.85. The lowest BCUT2D eigenvalue weighted by molar-refractivity contribution is 0.0899. The third-order valence-corrected chi connectivity index (χ3v) is 2.65. The molecule has 18 heavy (non-hydrogen) atoms. The van der Waals surface area contributed by atoms with Crippen LogP contribution in [0.4, 0.5) is 0 Å². The number of hydrogen-bond donors (Lipinski definition) is 2. The highest BCUT2D eigenvalue weighted by Gasteiger charge is 2.11. The standard InChI is InChI=1S/C14H22N2O2/c1-14(2,3)8-9-18-10-11-6-4-5-7-12(11)13(17)16-15/h4-7H,8-10,15H2,1-3H3,(H,16,17). The van der Waals surface area contributed by atoms with Crippen LogP contribution in [0.2, 0.25) is 0 Å². The molecule has 0 saturated carbocycles. The maximum absolute atomic E-state index is 11.5. The Hall–Kier alpha value is -1.39. The van der Waals surface area contributed by atoms with Crippen molar-refractivity contribution in [3.63, 3.8) is 0 Å². The molecule has 1 rings (SSSR count). The van der Waals surface area contributed by atoms with E-state index in [0.29, 0.717) is 18.8 Å². The molecule has 0 aliphatic rings. The van der Waals surface area contributed by atoms with Gasteiger partial charge in [-0.1, -0.05) is 39.0 Å². The highest BCUT2D eigenvalue weighted by Crippen LogP contribution is 2.18. The Morgan fingerprint density at radius 1 is 1.33 bits per heavy atom. The zero-order valence-corrected chi connectivity index (χ0v) is 11.3.